The molecule has 0 N–H and O–H groups in total. The van der Waals surface area contributed by atoms with Gasteiger partial charge in [-0.25, -0.2) is 0 Å². The fourth-order valence-corrected chi connectivity index (χ4v) is 2.07. The first-order chi connectivity index (χ1) is 8.47. The second-order valence-corrected chi connectivity index (χ2v) is 4.66. The predicted molar refractivity (Wildman–Crippen MR) is 63.7 cm³/mol. The molecule has 1 saturated heterocycles. The van der Waals surface area contributed by atoms with Crippen LogP contribution in [0.15, 0.2) is 0 Å². The van der Waals surface area contributed by atoms with E-state index in [1.165, 1.54) is 11.8 Å². The van der Waals surface area contributed by atoms with Gasteiger partial charge in [-0.05, 0) is 6.54 Å². The topological polar surface area (TPSA) is 72.9 Å². The summed E-state index contributed by atoms with van der Waals surface area (Å²) in [5, 5.41) is 10.7. The normalized spacial score (nSPS) is 21.3. The SMILES string of the molecule is CCN1CCOCC1C(=O)N(C)CC(C)C(=O)[O-].[K+]. The number of hydrogen-bond donors (Lipinski definition) is 0. The van der Waals surface area contributed by atoms with E-state index >= 15 is 0 Å². The Labute approximate surface area is 156 Å². The minimum Gasteiger partial charge on any atom is -0.550 e. The molecule has 0 aromatic heterocycles. The van der Waals surface area contributed by atoms with E-state index in [1.54, 1.807) is 7.05 Å². The van der Waals surface area contributed by atoms with E-state index in [9.17, 15) is 14.7 Å². The van der Waals surface area contributed by atoms with Gasteiger partial charge < -0.3 is 19.5 Å². The molecule has 0 radical (unpaired) electrons. The van der Waals surface area contributed by atoms with Gasteiger partial charge >= 0.3 is 51.4 Å². The molecule has 1 aliphatic heterocycles. The first-order valence-electron chi connectivity index (χ1n) is 6.25. The fourth-order valence-electron chi connectivity index (χ4n) is 2.07. The van der Waals surface area contributed by atoms with Crippen LogP contribution in [0, 0.1) is 5.92 Å². The summed E-state index contributed by atoms with van der Waals surface area (Å²) in [5.41, 5.74) is 0. The number of amides is 1. The van der Waals surface area contributed by atoms with Gasteiger partial charge in [-0.2, -0.15) is 0 Å². The maximum absolute atomic E-state index is 12.2. The molecule has 0 aliphatic carbocycles. The number of hydrogen-bond acceptors (Lipinski definition) is 5. The third kappa shape index (κ3) is 5.79. The van der Waals surface area contributed by atoms with Gasteiger partial charge in [-0.1, -0.05) is 13.8 Å². The third-order valence-electron chi connectivity index (χ3n) is 3.26. The molecule has 0 spiro atoms. The van der Waals surface area contributed by atoms with Crippen molar-refractivity contribution in [2.75, 3.05) is 39.9 Å². The van der Waals surface area contributed by atoms with Crippen molar-refractivity contribution in [3.05, 3.63) is 0 Å². The average Bonchev–Trinajstić information content (AvgIpc) is 2.37. The summed E-state index contributed by atoms with van der Waals surface area (Å²) in [6, 6.07) is -0.303. The van der Waals surface area contributed by atoms with E-state index in [1.807, 2.05) is 11.8 Å². The molecule has 104 valence electrons. The third-order valence-corrected chi connectivity index (χ3v) is 3.26. The molecule has 1 amide bonds. The Balaban J connectivity index is 0.00000324. The summed E-state index contributed by atoms with van der Waals surface area (Å²) in [4.78, 5) is 26.4. The maximum atomic E-state index is 12.2. The number of rotatable bonds is 5. The minimum atomic E-state index is -1.14. The van der Waals surface area contributed by atoms with Crippen LogP contribution < -0.4 is 56.5 Å². The molecule has 2 atom stereocenters. The van der Waals surface area contributed by atoms with E-state index in [0.29, 0.717) is 13.2 Å². The van der Waals surface area contributed by atoms with Crippen molar-refractivity contribution < 1.29 is 70.8 Å². The number of ether oxygens (including phenoxy) is 1. The zero-order valence-electron chi connectivity index (χ0n) is 12.2. The fraction of sp³-hybridized carbons (Fsp3) is 0.833. The number of carbonyl (C=O) groups excluding carboxylic acids is 2. The van der Waals surface area contributed by atoms with Crippen molar-refractivity contribution in [1.29, 1.82) is 0 Å². The first kappa shape index (κ1) is 19.5. The van der Waals surface area contributed by atoms with Crippen LogP contribution in [0.3, 0.4) is 0 Å². The number of carboxylic acids is 1. The van der Waals surface area contributed by atoms with Gasteiger partial charge in [-0.15, -0.1) is 0 Å². The smallest absolute Gasteiger partial charge is 0.550 e. The van der Waals surface area contributed by atoms with Crippen molar-refractivity contribution in [3.63, 3.8) is 0 Å². The summed E-state index contributed by atoms with van der Waals surface area (Å²) in [6.07, 6.45) is 0. The van der Waals surface area contributed by atoms with Crippen molar-refractivity contribution in [2.24, 2.45) is 5.92 Å². The Morgan fingerprint density at radius 2 is 2.16 bits per heavy atom. The van der Waals surface area contributed by atoms with Gasteiger partial charge in [0.25, 0.3) is 0 Å². The van der Waals surface area contributed by atoms with Crippen molar-refractivity contribution >= 4 is 11.9 Å². The Morgan fingerprint density at radius 3 is 2.68 bits per heavy atom. The number of nitrogens with zero attached hydrogens (tertiary/aromatic N) is 2. The second kappa shape index (κ2) is 9.44. The van der Waals surface area contributed by atoms with Crippen LogP contribution in [-0.2, 0) is 14.3 Å². The van der Waals surface area contributed by atoms with E-state index in [2.05, 4.69) is 0 Å². The Kier molecular flexibility index (Phi) is 9.68. The summed E-state index contributed by atoms with van der Waals surface area (Å²) in [5.74, 6) is -1.90. The first-order valence-corrected chi connectivity index (χ1v) is 6.25. The zero-order valence-corrected chi connectivity index (χ0v) is 15.3. The largest absolute Gasteiger partial charge is 1.00 e. The molecular weight excluding hydrogens is 275 g/mol. The monoisotopic (exact) mass is 296 g/mol. The molecular formula is C12H21KN2O4. The molecule has 2 unspecified atom stereocenters. The van der Waals surface area contributed by atoms with Gasteiger partial charge in [0.1, 0.15) is 6.04 Å². The van der Waals surface area contributed by atoms with Crippen LogP contribution in [0.1, 0.15) is 13.8 Å². The van der Waals surface area contributed by atoms with E-state index in [4.69, 9.17) is 4.74 Å². The molecule has 1 aliphatic rings. The summed E-state index contributed by atoms with van der Waals surface area (Å²) in [6.45, 7) is 6.21. The van der Waals surface area contributed by atoms with Gasteiger partial charge in [0, 0.05) is 32.0 Å². The van der Waals surface area contributed by atoms with Gasteiger partial charge in [0.05, 0.1) is 13.2 Å². The van der Waals surface area contributed by atoms with Gasteiger partial charge in [0.15, 0.2) is 0 Å². The Bertz CT molecular complexity index is 314. The van der Waals surface area contributed by atoms with E-state index < -0.39 is 11.9 Å². The van der Waals surface area contributed by atoms with E-state index in [-0.39, 0.29) is 69.9 Å². The molecule has 0 saturated carbocycles. The molecule has 0 aromatic carbocycles. The standard InChI is InChI=1S/C12H22N2O4.K/c1-4-14-5-6-18-8-10(14)11(15)13(3)7-9(2)12(16)17;/h9-10H,4-8H2,1-3H3,(H,16,17);/q;+1/p-1. The average molecular weight is 296 g/mol. The predicted octanol–water partition coefficient (Wildman–Crippen LogP) is -4.44. The van der Waals surface area contributed by atoms with Crippen LogP contribution >= 0.6 is 0 Å². The molecule has 0 bridgehead atoms. The number of morpholine rings is 1. The van der Waals surface area contributed by atoms with Crippen LogP contribution in [0.4, 0.5) is 0 Å². The van der Waals surface area contributed by atoms with Crippen LogP contribution in [0.25, 0.3) is 0 Å². The van der Waals surface area contributed by atoms with Gasteiger partial charge in [-0.3, -0.25) is 9.69 Å². The number of likely N-dealkylation sites (N-methyl/N-ethyl adjacent to an activating group) is 2. The molecule has 1 fully saturated rings. The van der Waals surface area contributed by atoms with Crippen LogP contribution in [0.5, 0.6) is 0 Å². The van der Waals surface area contributed by atoms with Crippen LogP contribution in [-0.4, -0.2) is 67.6 Å². The molecule has 7 heteroatoms. The van der Waals surface area contributed by atoms with Crippen molar-refractivity contribution in [2.45, 2.75) is 19.9 Å². The van der Waals surface area contributed by atoms with Crippen molar-refractivity contribution in [3.8, 4) is 0 Å². The molecule has 19 heavy (non-hydrogen) atoms. The van der Waals surface area contributed by atoms with Gasteiger partial charge in [0.2, 0.25) is 5.91 Å². The van der Waals surface area contributed by atoms with Crippen molar-refractivity contribution in [1.82, 2.24) is 9.80 Å². The summed E-state index contributed by atoms with van der Waals surface area (Å²) in [7, 11) is 1.62. The van der Waals surface area contributed by atoms with Crippen LogP contribution in [0.2, 0.25) is 0 Å². The molecule has 6 nitrogen and oxygen atoms in total. The van der Waals surface area contributed by atoms with E-state index in [0.717, 1.165) is 13.1 Å². The Morgan fingerprint density at radius 1 is 1.53 bits per heavy atom. The number of aliphatic carboxylic acids is 1. The molecule has 1 heterocycles. The summed E-state index contributed by atoms with van der Waals surface area (Å²) < 4.78 is 5.32. The second-order valence-electron chi connectivity index (χ2n) is 4.66. The zero-order chi connectivity index (χ0) is 13.7. The Hall–Kier alpha value is 0.496. The number of carboxylic acid groups (broad SMARTS) is 1. The number of carbonyl (C=O) groups is 2. The minimum absolute atomic E-state index is 0. The quantitative estimate of drug-likeness (QED) is 0.479. The summed E-state index contributed by atoms with van der Waals surface area (Å²) >= 11 is 0. The molecule has 0 aromatic rings. The molecule has 1 rings (SSSR count). The maximum Gasteiger partial charge on any atom is 1.00 e.